The van der Waals surface area contributed by atoms with Crippen molar-refractivity contribution >= 4 is 11.6 Å². The van der Waals surface area contributed by atoms with Crippen LogP contribution >= 0.6 is 0 Å². The molecule has 2 aromatic rings. The van der Waals surface area contributed by atoms with E-state index in [1.165, 1.54) is 19.1 Å². The number of ether oxygens (including phenoxy) is 1. The molecule has 106 valence electrons. The zero-order valence-electron chi connectivity index (χ0n) is 11.4. The van der Waals surface area contributed by atoms with Crippen LogP contribution in [0.5, 0.6) is 5.75 Å². The number of anilines is 1. The van der Waals surface area contributed by atoms with Gasteiger partial charge in [0.1, 0.15) is 18.2 Å². The highest BCUT2D eigenvalue weighted by atomic mass is 19.1. The molecule has 1 amide bonds. The van der Waals surface area contributed by atoms with Crippen LogP contribution < -0.4 is 10.1 Å². The highest BCUT2D eigenvalue weighted by Gasteiger charge is 2.05. The minimum absolute atomic E-state index is 0.0665. The van der Waals surface area contributed by atoms with Gasteiger partial charge in [-0.15, -0.1) is 0 Å². The van der Waals surface area contributed by atoms with E-state index in [1.54, 1.807) is 30.3 Å². The highest BCUT2D eigenvalue weighted by molar-refractivity contribution is 5.88. The number of hydrogen-bond donors (Lipinski definition) is 1. The third kappa shape index (κ3) is 4.05. The Kier molecular flexibility index (Phi) is 4.52. The second-order valence-corrected chi connectivity index (χ2v) is 4.41. The fourth-order valence-electron chi connectivity index (χ4n) is 1.73. The Morgan fingerprint density at radius 2 is 2.00 bits per heavy atom. The van der Waals surface area contributed by atoms with E-state index in [0.29, 0.717) is 17.0 Å². The fraction of sp³-hybridized carbons (Fsp3) is 0.125. The van der Waals surface area contributed by atoms with Gasteiger partial charge < -0.3 is 10.1 Å². The Morgan fingerprint density at radius 3 is 2.57 bits per heavy atom. The molecule has 0 bridgehead atoms. The number of hydrogen-bond acceptors (Lipinski definition) is 3. The highest BCUT2D eigenvalue weighted by Crippen LogP contribution is 2.18. The number of benzene rings is 2. The van der Waals surface area contributed by atoms with E-state index in [9.17, 15) is 9.18 Å². The average Bonchev–Trinajstić information content (AvgIpc) is 2.47. The zero-order valence-corrected chi connectivity index (χ0v) is 11.4. The number of amides is 1. The van der Waals surface area contributed by atoms with Crippen LogP contribution in [0.2, 0.25) is 0 Å². The molecular formula is C16H13FN2O2. The Bertz CT molecular complexity index is 690. The lowest BCUT2D eigenvalue weighted by Crippen LogP contribution is -2.05. The van der Waals surface area contributed by atoms with E-state index in [2.05, 4.69) is 5.32 Å². The normalized spacial score (nSPS) is 9.76. The Morgan fingerprint density at radius 1 is 1.29 bits per heavy atom. The van der Waals surface area contributed by atoms with E-state index in [0.717, 1.165) is 0 Å². The minimum Gasteiger partial charge on any atom is -0.489 e. The predicted octanol–water partition coefficient (Wildman–Crippen LogP) is 3.23. The lowest BCUT2D eigenvalue weighted by atomic mass is 10.1. The van der Waals surface area contributed by atoms with Gasteiger partial charge in [-0.2, -0.15) is 5.26 Å². The van der Waals surface area contributed by atoms with Crippen molar-refractivity contribution in [3.8, 4) is 11.8 Å². The van der Waals surface area contributed by atoms with Gasteiger partial charge in [-0.25, -0.2) is 4.39 Å². The van der Waals surface area contributed by atoms with Crippen LogP contribution in [0.1, 0.15) is 18.1 Å². The van der Waals surface area contributed by atoms with Gasteiger partial charge in [-0.3, -0.25) is 4.79 Å². The molecule has 0 unspecified atom stereocenters. The summed E-state index contributed by atoms with van der Waals surface area (Å²) in [4.78, 5) is 10.9. The second kappa shape index (κ2) is 6.53. The lowest BCUT2D eigenvalue weighted by molar-refractivity contribution is -0.114. The summed E-state index contributed by atoms with van der Waals surface area (Å²) in [5.74, 6) is -0.0555. The van der Waals surface area contributed by atoms with Crippen molar-refractivity contribution in [2.45, 2.75) is 13.5 Å². The van der Waals surface area contributed by atoms with Gasteiger partial charge in [-0.1, -0.05) is 6.07 Å². The number of carbonyl (C=O) groups is 1. The summed E-state index contributed by atoms with van der Waals surface area (Å²) < 4.78 is 19.1. The van der Waals surface area contributed by atoms with Crippen LogP contribution in [0.3, 0.4) is 0 Å². The molecule has 1 N–H and O–H groups in total. The van der Waals surface area contributed by atoms with Crippen molar-refractivity contribution in [1.82, 2.24) is 0 Å². The second-order valence-electron chi connectivity index (χ2n) is 4.41. The number of nitriles is 1. The van der Waals surface area contributed by atoms with Crippen molar-refractivity contribution < 1.29 is 13.9 Å². The van der Waals surface area contributed by atoms with Crippen LogP contribution in [-0.4, -0.2) is 5.91 Å². The van der Waals surface area contributed by atoms with Crippen molar-refractivity contribution in [3.05, 3.63) is 59.4 Å². The Labute approximate surface area is 121 Å². The van der Waals surface area contributed by atoms with Gasteiger partial charge >= 0.3 is 0 Å². The number of rotatable bonds is 4. The maximum absolute atomic E-state index is 13.7. The standard InChI is InChI=1S/C16H13FN2O2/c1-11(20)19-14-4-6-15(7-5-14)21-10-13-3-2-12(9-18)8-16(13)17/h2-8H,10H2,1H3,(H,19,20). The van der Waals surface area contributed by atoms with E-state index in [-0.39, 0.29) is 18.1 Å². The van der Waals surface area contributed by atoms with Gasteiger partial charge in [-0.05, 0) is 36.4 Å². The SMILES string of the molecule is CC(=O)Nc1ccc(OCc2ccc(C#N)cc2F)cc1. The van der Waals surface area contributed by atoms with E-state index in [4.69, 9.17) is 10.00 Å². The monoisotopic (exact) mass is 284 g/mol. The molecule has 0 atom stereocenters. The molecule has 0 aliphatic carbocycles. The molecule has 21 heavy (non-hydrogen) atoms. The summed E-state index contributed by atoms with van der Waals surface area (Å²) >= 11 is 0. The molecule has 0 spiro atoms. The number of nitrogens with one attached hydrogen (secondary N) is 1. The maximum Gasteiger partial charge on any atom is 0.221 e. The molecule has 0 radical (unpaired) electrons. The molecule has 2 rings (SSSR count). The minimum atomic E-state index is -0.469. The van der Waals surface area contributed by atoms with Crippen molar-refractivity contribution in [3.63, 3.8) is 0 Å². The smallest absolute Gasteiger partial charge is 0.221 e. The van der Waals surface area contributed by atoms with E-state index >= 15 is 0 Å². The van der Waals surface area contributed by atoms with Crippen LogP contribution in [0.15, 0.2) is 42.5 Å². The van der Waals surface area contributed by atoms with Crippen LogP contribution in [0.4, 0.5) is 10.1 Å². The summed E-state index contributed by atoms with van der Waals surface area (Å²) in [6.07, 6.45) is 0. The summed E-state index contributed by atoms with van der Waals surface area (Å²) in [5, 5.41) is 11.3. The average molecular weight is 284 g/mol. The first-order valence-electron chi connectivity index (χ1n) is 6.27. The largest absolute Gasteiger partial charge is 0.489 e. The first-order valence-corrected chi connectivity index (χ1v) is 6.27. The van der Waals surface area contributed by atoms with Gasteiger partial charge in [0.05, 0.1) is 11.6 Å². The molecule has 5 heteroatoms. The Balaban J connectivity index is 2.00. The molecule has 0 aliphatic heterocycles. The lowest BCUT2D eigenvalue weighted by Gasteiger charge is -2.08. The maximum atomic E-state index is 13.7. The first-order chi connectivity index (χ1) is 10.1. The fourth-order valence-corrected chi connectivity index (χ4v) is 1.73. The first kappa shape index (κ1) is 14.5. The molecule has 2 aromatic carbocycles. The number of halogens is 1. The van der Waals surface area contributed by atoms with Crippen LogP contribution in [-0.2, 0) is 11.4 Å². The van der Waals surface area contributed by atoms with Gasteiger partial charge in [0.2, 0.25) is 5.91 Å². The quantitative estimate of drug-likeness (QED) is 0.937. The molecule has 0 fully saturated rings. The van der Waals surface area contributed by atoms with Crippen molar-refractivity contribution in [1.29, 1.82) is 5.26 Å². The van der Waals surface area contributed by atoms with Gasteiger partial charge in [0, 0.05) is 18.2 Å². The molecule has 0 heterocycles. The van der Waals surface area contributed by atoms with Crippen molar-refractivity contribution in [2.75, 3.05) is 5.32 Å². The summed E-state index contributed by atoms with van der Waals surface area (Å²) in [6.45, 7) is 1.50. The number of carbonyl (C=O) groups excluding carboxylic acids is 1. The topological polar surface area (TPSA) is 62.1 Å². The van der Waals surface area contributed by atoms with Gasteiger partial charge in [0.25, 0.3) is 0 Å². The van der Waals surface area contributed by atoms with E-state index < -0.39 is 5.82 Å². The summed E-state index contributed by atoms with van der Waals surface area (Å²) in [6, 6.07) is 12.9. The molecule has 0 aromatic heterocycles. The molecular weight excluding hydrogens is 271 g/mol. The zero-order chi connectivity index (χ0) is 15.2. The van der Waals surface area contributed by atoms with Crippen LogP contribution in [0.25, 0.3) is 0 Å². The van der Waals surface area contributed by atoms with Crippen molar-refractivity contribution in [2.24, 2.45) is 0 Å². The summed E-state index contributed by atoms with van der Waals surface area (Å²) in [7, 11) is 0. The van der Waals surface area contributed by atoms with E-state index in [1.807, 2.05) is 6.07 Å². The third-order valence-corrected chi connectivity index (χ3v) is 2.75. The summed E-state index contributed by atoms with van der Waals surface area (Å²) in [5.41, 5.74) is 1.32. The molecule has 4 nitrogen and oxygen atoms in total. The predicted molar refractivity (Wildman–Crippen MR) is 76.2 cm³/mol. The van der Waals surface area contributed by atoms with Gasteiger partial charge in [0.15, 0.2) is 0 Å². The molecule has 0 saturated carbocycles. The third-order valence-electron chi connectivity index (χ3n) is 2.75. The Hall–Kier alpha value is -2.87. The van der Waals surface area contributed by atoms with Crippen LogP contribution in [0, 0.1) is 17.1 Å². The molecule has 0 aliphatic rings. The number of nitrogens with zero attached hydrogens (tertiary/aromatic N) is 1. The molecule has 0 saturated heterocycles.